The lowest BCUT2D eigenvalue weighted by molar-refractivity contribution is -0.139. The molecule has 0 saturated carbocycles. The topological polar surface area (TPSA) is 73.8 Å². The number of aromatic nitrogens is 2. The number of carbonyl (C=O) groups is 1. The Labute approximate surface area is 179 Å². The molecule has 0 saturated heterocycles. The number of para-hydroxylation sites is 1. The fraction of sp³-hybridized carbons (Fsp3) is 0.240. The van der Waals surface area contributed by atoms with Crippen LogP contribution in [0.25, 0.3) is 22.7 Å². The van der Waals surface area contributed by atoms with Gasteiger partial charge < -0.3 is 9.15 Å². The van der Waals surface area contributed by atoms with E-state index in [2.05, 4.69) is 11.9 Å². The first-order valence-corrected chi connectivity index (χ1v) is 10.4. The van der Waals surface area contributed by atoms with Crippen LogP contribution in [0.5, 0.6) is 0 Å². The molecular weight excluding hydrogens is 392 g/mol. The molecule has 0 unspecified atom stereocenters. The van der Waals surface area contributed by atoms with E-state index in [4.69, 9.17) is 9.15 Å². The quantitative estimate of drug-likeness (QED) is 0.318. The fourth-order valence-electron chi connectivity index (χ4n) is 3.50. The minimum absolute atomic E-state index is 0.0718. The SMILES string of the molecule is CCCCc1oc2ccccc2c1/C=C/C(=O)OCc1cc(=O)n2cc(C)ccc2n1. The number of benzene rings is 1. The van der Waals surface area contributed by atoms with Crippen molar-refractivity contribution in [1.82, 2.24) is 9.38 Å². The van der Waals surface area contributed by atoms with Crippen LogP contribution >= 0.6 is 0 Å². The van der Waals surface area contributed by atoms with Crippen molar-refractivity contribution in [3.63, 3.8) is 0 Å². The third-order valence-corrected chi connectivity index (χ3v) is 5.08. The summed E-state index contributed by atoms with van der Waals surface area (Å²) in [6, 6.07) is 12.8. The molecule has 158 valence electrons. The number of pyridine rings is 1. The average Bonchev–Trinajstić information content (AvgIpc) is 3.12. The van der Waals surface area contributed by atoms with Gasteiger partial charge in [0.1, 0.15) is 23.6 Å². The molecule has 0 radical (unpaired) electrons. The third kappa shape index (κ3) is 4.58. The van der Waals surface area contributed by atoms with Crippen LogP contribution < -0.4 is 5.56 Å². The van der Waals surface area contributed by atoms with Gasteiger partial charge in [0.15, 0.2) is 0 Å². The first-order chi connectivity index (χ1) is 15.0. The molecule has 0 spiro atoms. The minimum Gasteiger partial charge on any atom is -0.460 e. The highest BCUT2D eigenvalue weighted by Crippen LogP contribution is 2.28. The van der Waals surface area contributed by atoms with Crippen LogP contribution in [0.2, 0.25) is 0 Å². The van der Waals surface area contributed by atoms with Gasteiger partial charge in [0.25, 0.3) is 5.56 Å². The largest absolute Gasteiger partial charge is 0.460 e. The number of ether oxygens (including phenoxy) is 1. The summed E-state index contributed by atoms with van der Waals surface area (Å²) in [5.41, 5.74) is 3.39. The van der Waals surface area contributed by atoms with Gasteiger partial charge in [-0.05, 0) is 37.1 Å². The summed E-state index contributed by atoms with van der Waals surface area (Å²) >= 11 is 0. The Balaban J connectivity index is 1.50. The zero-order valence-electron chi connectivity index (χ0n) is 17.6. The smallest absolute Gasteiger partial charge is 0.331 e. The highest BCUT2D eigenvalue weighted by molar-refractivity contribution is 5.94. The van der Waals surface area contributed by atoms with Gasteiger partial charge in [-0.2, -0.15) is 0 Å². The summed E-state index contributed by atoms with van der Waals surface area (Å²) < 4.78 is 12.8. The number of carbonyl (C=O) groups excluding carboxylic acids is 1. The number of rotatable bonds is 7. The Morgan fingerprint density at radius 3 is 2.90 bits per heavy atom. The van der Waals surface area contributed by atoms with E-state index < -0.39 is 5.97 Å². The van der Waals surface area contributed by atoms with Crippen molar-refractivity contribution in [2.45, 2.75) is 39.7 Å². The molecule has 31 heavy (non-hydrogen) atoms. The molecule has 0 atom stereocenters. The molecule has 4 rings (SSSR count). The summed E-state index contributed by atoms with van der Waals surface area (Å²) in [4.78, 5) is 29.0. The molecule has 0 aliphatic carbocycles. The molecule has 0 aliphatic rings. The minimum atomic E-state index is -0.502. The van der Waals surface area contributed by atoms with Gasteiger partial charge in [-0.25, -0.2) is 9.78 Å². The second-order valence-electron chi connectivity index (χ2n) is 7.50. The molecule has 0 amide bonds. The van der Waals surface area contributed by atoms with Crippen molar-refractivity contribution in [2.75, 3.05) is 0 Å². The number of aryl methyl sites for hydroxylation is 2. The lowest BCUT2D eigenvalue weighted by Crippen LogP contribution is -2.16. The van der Waals surface area contributed by atoms with E-state index >= 15 is 0 Å². The van der Waals surface area contributed by atoms with E-state index in [1.54, 1.807) is 18.3 Å². The van der Waals surface area contributed by atoms with Gasteiger partial charge >= 0.3 is 5.97 Å². The molecule has 3 heterocycles. The number of fused-ring (bicyclic) bond motifs is 2. The Kier molecular flexibility index (Phi) is 5.98. The maximum atomic E-state index is 12.3. The lowest BCUT2D eigenvalue weighted by atomic mass is 10.1. The van der Waals surface area contributed by atoms with Crippen molar-refractivity contribution < 1.29 is 13.9 Å². The second kappa shape index (κ2) is 9.00. The van der Waals surface area contributed by atoms with Gasteiger partial charge in [-0.1, -0.05) is 37.6 Å². The standard InChI is InChI=1S/C25H24N2O4/c1-3-4-8-21-20(19-7-5-6-9-22(19)31-21)11-13-25(29)30-16-18-14-24(28)27-15-17(2)10-12-23(27)26-18/h5-7,9-15H,3-4,8,16H2,1-2H3/b13-11+. The predicted octanol–water partition coefficient (Wildman–Crippen LogP) is 4.85. The normalized spacial score (nSPS) is 11.5. The molecule has 0 fully saturated rings. The Morgan fingerprint density at radius 2 is 2.06 bits per heavy atom. The molecule has 3 aromatic heterocycles. The average molecular weight is 416 g/mol. The predicted molar refractivity (Wildman–Crippen MR) is 120 cm³/mol. The van der Waals surface area contributed by atoms with E-state index in [0.717, 1.165) is 47.1 Å². The third-order valence-electron chi connectivity index (χ3n) is 5.08. The number of nitrogens with zero attached hydrogens (tertiary/aromatic N) is 2. The molecule has 0 N–H and O–H groups in total. The molecule has 0 bridgehead atoms. The summed E-state index contributed by atoms with van der Waals surface area (Å²) in [7, 11) is 0. The van der Waals surface area contributed by atoms with Crippen LogP contribution in [-0.4, -0.2) is 15.4 Å². The summed E-state index contributed by atoms with van der Waals surface area (Å²) in [5, 5.41) is 0.970. The van der Waals surface area contributed by atoms with E-state index in [1.165, 1.54) is 16.5 Å². The summed E-state index contributed by atoms with van der Waals surface area (Å²) in [6.07, 6.45) is 7.74. The summed E-state index contributed by atoms with van der Waals surface area (Å²) in [5.74, 6) is 0.365. The Morgan fingerprint density at radius 1 is 1.23 bits per heavy atom. The number of esters is 1. The highest BCUT2D eigenvalue weighted by atomic mass is 16.5. The maximum Gasteiger partial charge on any atom is 0.331 e. The van der Waals surface area contributed by atoms with Crippen LogP contribution in [0, 0.1) is 6.92 Å². The first kappa shape index (κ1) is 20.6. The number of unbranched alkanes of at least 4 members (excludes halogenated alkanes) is 1. The van der Waals surface area contributed by atoms with Gasteiger partial charge in [0.2, 0.25) is 0 Å². The van der Waals surface area contributed by atoms with Crippen molar-refractivity contribution in [1.29, 1.82) is 0 Å². The zero-order valence-corrected chi connectivity index (χ0v) is 17.6. The molecule has 4 aromatic rings. The van der Waals surface area contributed by atoms with Crippen molar-refractivity contribution in [3.05, 3.63) is 87.7 Å². The van der Waals surface area contributed by atoms with E-state index in [1.807, 2.05) is 37.3 Å². The second-order valence-corrected chi connectivity index (χ2v) is 7.50. The summed E-state index contributed by atoms with van der Waals surface area (Å²) in [6.45, 7) is 3.96. The molecule has 1 aromatic carbocycles. The Hall–Kier alpha value is -3.67. The maximum absolute atomic E-state index is 12.3. The molecule has 0 aliphatic heterocycles. The monoisotopic (exact) mass is 416 g/mol. The van der Waals surface area contributed by atoms with Gasteiger partial charge in [-0.15, -0.1) is 0 Å². The number of hydrogen-bond donors (Lipinski definition) is 0. The highest BCUT2D eigenvalue weighted by Gasteiger charge is 2.12. The molecule has 6 nitrogen and oxygen atoms in total. The van der Waals surface area contributed by atoms with Gasteiger partial charge in [0.05, 0.1) is 5.69 Å². The Bertz CT molecular complexity index is 1330. The number of hydrogen-bond acceptors (Lipinski definition) is 5. The number of furan rings is 1. The van der Waals surface area contributed by atoms with Gasteiger partial charge in [0, 0.05) is 35.7 Å². The van der Waals surface area contributed by atoms with Crippen molar-refractivity contribution in [2.24, 2.45) is 0 Å². The fourth-order valence-corrected chi connectivity index (χ4v) is 3.50. The van der Waals surface area contributed by atoms with Crippen LogP contribution in [0.15, 0.2) is 63.9 Å². The lowest BCUT2D eigenvalue weighted by Gasteiger charge is -2.05. The van der Waals surface area contributed by atoms with Crippen LogP contribution in [0.4, 0.5) is 0 Å². The van der Waals surface area contributed by atoms with Crippen molar-refractivity contribution >= 4 is 28.7 Å². The van der Waals surface area contributed by atoms with Crippen molar-refractivity contribution in [3.8, 4) is 0 Å². The van der Waals surface area contributed by atoms with E-state index in [9.17, 15) is 9.59 Å². The van der Waals surface area contributed by atoms with E-state index in [-0.39, 0.29) is 12.2 Å². The van der Waals surface area contributed by atoms with Crippen LogP contribution in [0.3, 0.4) is 0 Å². The molecule has 6 heteroatoms. The van der Waals surface area contributed by atoms with Crippen LogP contribution in [0.1, 0.15) is 42.3 Å². The van der Waals surface area contributed by atoms with E-state index in [0.29, 0.717) is 11.3 Å². The van der Waals surface area contributed by atoms with Gasteiger partial charge in [-0.3, -0.25) is 9.20 Å². The zero-order chi connectivity index (χ0) is 21.8. The van der Waals surface area contributed by atoms with Crippen LogP contribution in [-0.2, 0) is 22.6 Å². The first-order valence-electron chi connectivity index (χ1n) is 10.4. The molecular formula is C25H24N2O4.